The van der Waals surface area contributed by atoms with Crippen molar-refractivity contribution in [2.24, 2.45) is 0 Å². The van der Waals surface area contributed by atoms with Gasteiger partial charge in [-0.3, -0.25) is 0 Å². The molecule has 4 nitrogen and oxygen atoms in total. The monoisotopic (exact) mass is 815 g/mol. The number of furan rings is 1. The molecule has 0 bridgehead atoms. The van der Waals surface area contributed by atoms with Crippen molar-refractivity contribution in [1.29, 1.82) is 0 Å². The highest BCUT2D eigenvalue weighted by Gasteiger charge is 2.20. The summed E-state index contributed by atoms with van der Waals surface area (Å²) in [5.41, 5.74) is 16.7. The molecule has 0 spiro atoms. The standard InChI is InChI=1S/C60H37N3O/c1-6-27-52-44(19-1)45-20-2-7-28-53(45)61(52)41-17-11-15-38(35-41)39-33-34-57-51(37-39)48-23-5-8-29-54(48)62(57)42-18-12-16-40(36-42)43-24-13-25-49-50-26-14-32-58(60(50)64-59(43)49)63-55-30-9-3-21-46(55)47-22-4-10-31-56(47)63/h1-37H. The molecule has 0 saturated carbocycles. The van der Waals surface area contributed by atoms with Gasteiger partial charge in [0.25, 0.3) is 0 Å². The molecule has 298 valence electrons. The lowest BCUT2D eigenvalue weighted by Gasteiger charge is -2.12. The van der Waals surface area contributed by atoms with Crippen molar-refractivity contribution in [3.8, 4) is 39.3 Å². The van der Waals surface area contributed by atoms with Gasteiger partial charge in [0, 0.05) is 60.0 Å². The van der Waals surface area contributed by atoms with Crippen LogP contribution in [0.15, 0.2) is 229 Å². The quantitative estimate of drug-likeness (QED) is 0.170. The Morgan fingerprint density at radius 2 is 0.656 bits per heavy atom. The van der Waals surface area contributed by atoms with Crippen molar-refractivity contribution in [2.45, 2.75) is 0 Å². The van der Waals surface area contributed by atoms with Gasteiger partial charge in [0.05, 0.1) is 38.8 Å². The summed E-state index contributed by atoms with van der Waals surface area (Å²) in [5, 5.41) is 9.64. The third-order valence-corrected chi connectivity index (χ3v) is 13.4. The minimum Gasteiger partial charge on any atom is -0.453 e. The number of hydrogen-bond acceptors (Lipinski definition) is 1. The van der Waals surface area contributed by atoms with Crippen molar-refractivity contribution in [1.82, 2.24) is 13.7 Å². The van der Waals surface area contributed by atoms with E-state index in [1.54, 1.807) is 0 Å². The van der Waals surface area contributed by atoms with Crippen LogP contribution in [-0.2, 0) is 0 Å². The summed E-state index contributed by atoms with van der Waals surface area (Å²) < 4.78 is 14.2. The molecule has 0 aliphatic carbocycles. The van der Waals surface area contributed by atoms with Crippen LogP contribution in [0.3, 0.4) is 0 Å². The van der Waals surface area contributed by atoms with E-state index in [1.165, 1.54) is 65.5 Å². The third-order valence-electron chi connectivity index (χ3n) is 13.4. The Morgan fingerprint density at radius 1 is 0.250 bits per heavy atom. The Morgan fingerprint density at radius 3 is 1.23 bits per heavy atom. The number of para-hydroxylation sites is 7. The van der Waals surface area contributed by atoms with E-state index in [-0.39, 0.29) is 0 Å². The van der Waals surface area contributed by atoms with Gasteiger partial charge in [-0.25, -0.2) is 0 Å². The molecule has 64 heavy (non-hydrogen) atoms. The number of nitrogens with zero attached hydrogens (tertiary/aromatic N) is 3. The molecule has 0 N–H and O–H groups in total. The van der Waals surface area contributed by atoms with Crippen molar-refractivity contribution in [3.63, 3.8) is 0 Å². The number of fused-ring (bicyclic) bond motifs is 12. The van der Waals surface area contributed by atoms with E-state index in [4.69, 9.17) is 4.42 Å². The molecule has 0 amide bonds. The molecule has 4 heteroatoms. The fourth-order valence-electron chi connectivity index (χ4n) is 10.7. The number of hydrogen-bond donors (Lipinski definition) is 0. The molecule has 10 aromatic carbocycles. The van der Waals surface area contributed by atoms with Gasteiger partial charge in [0.15, 0.2) is 5.58 Å². The van der Waals surface area contributed by atoms with Crippen LogP contribution in [0.1, 0.15) is 0 Å². The largest absolute Gasteiger partial charge is 0.453 e. The molecular weight excluding hydrogens is 779 g/mol. The lowest BCUT2D eigenvalue weighted by Crippen LogP contribution is -1.95. The average Bonchev–Trinajstić information content (AvgIpc) is 4.11. The predicted octanol–water partition coefficient (Wildman–Crippen LogP) is 16.2. The lowest BCUT2D eigenvalue weighted by molar-refractivity contribution is 0.667. The van der Waals surface area contributed by atoms with Crippen LogP contribution in [0.25, 0.3) is 127 Å². The summed E-state index contributed by atoms with van der Waals surface area (Å²) in [6.45, 7) is 0. The van der Waals surface area contributed by atoms with E-state index in [0.717, 1.165) is 61.2 Å². The topological polar surface area (TPSA) is 27.9 Å². The minimum atomic E-state index is 0.881. The Balaban J connectivity index is 0.901. The van der Waals surface area contributed by atoms with E-state index >= 15 is 0 Å². The summed E-state index contributed by atoms with van der Waals surface area (Å²) in [6, 6.07) is 81.3. The zero-order valence-corrected chi connectivity index (χ0v) is 34.6. The first kappa shape index (κ1) is 35.0. The Kier molecular flexibility index (Phi) is 7.36. The second-order valence-corrected chi connectivity index (χ2v) is 16.9. The van der Waals surface area contributed by atoms with E-state index in [9.17, 15) is 0 Å². The first-order valence-electron chi connectivity index (χ1n) is 21.9. The zero-order chi connectivity index (χ0) is 41.9. The van der Waals surface area contributed by atoms with Gasteiger partial charge >= 0.3 is 0 Å². The highest BCUT2D eigenvalue weighted by Crippen LogP contribution is 2.42. The van der Waals surface area contributed by atoms with Crippen molar-refractivity contribution in [3.05, 3.63) is 224 Å². The van der Waals surface area contributed by atoms with Crippen LogP contribution < -0.4 is 0 Å². The number of rotatable bonds is 5. The average molecular weight is 816 g/mol. The first-order chi connectivity index (χ1) is 31.8. The van der Waals surface area contributed by atoms with E-state index < -0.39 is 0 Å². The molecule has 4 aromatic heterocycles. The highest BCUT2D eigenvalue weighted by atomic mass is 16.3. The van der Waals surface area contributed by atoms with E-state index in [1.807, 2.05) is 0 Å². The highest BCUT2D eigenvalue weighted by molar-refractivity contribution is 6.15. The molecule has 0 fully saturated rings. The summed E-state index contributed by atoms with van der Waals surface area (Å²) in [6.07, 6.45) is 0. The second kappa shape index (κ2) is 13.4. The van der Waals surface area contributed by atoms with Gasteiger partial charge in [-0.1, -0.05) is 152 Å². The van der Waals surface area contributed by atoms with Crippen molar-refractivity contribution < 1.29 is 4.42 Å². The van der Waals surface area contributed by atoms with Crippen LogP contribution in [0.2, 0.25) is 0 Å². The van der Waals surface area contributed by atoms with E-state index in [2.05, 4.69) is 238 Å². The number of benzene rings is 10. The molecule has 14 rings (SSSR count). The van der Waals surface area contributed by atoms with Gasteiger partial charge in [-0.2, -0.15) is 0 Å². The fraction of sp³-hybridized carbons (Fsp3) is 0. The zero-order valence-electron chi connectivity index (χ0n) is 34.6. The maximum absolute atomic E-state index is 7.06. The summed E-state index contributed by atoms with van der Waals surface area (Å²) in [7, 11) is 0. The lowest BCUT2D eigenvalue weighted by atomic mass is 10.0. The van der Waals surface area contributed by atoms with Gasteiger partial charge in [0.2, 0.25) is 0 Å². The summed E-state index contributed by atoms with van der Waals surface area (Å²) in [4.78, 5) is 0. The SMILES string of the molecule is c1cc(-c2ccc3c(c2)c2ccccc2n3-c2cccc(-c3cccc4c3oc3c(-n5c6ccccc6c6ccccc65)cccc34)c2)cc(-n2c3ccccc3c3ccccc32)c1. The number of aromatic nitrogens is 3. The first-order valence-corrected chi connectivity index (χ1v) is 21.9. The normalized spacial score (nSPS) is 12.1. The predicted molar refractivity (Wildman–Crippen MR) is 268 cm³/mol. The van der Waals surface area contributed by atoms with Crippen molar-refractivity contribution >= 4 is 87.4 Å². The van der Waals surface area contributed by atoms with Gasteiger partial charge in [-0.15, -0.1) is 0 Å². The van der Waals surface area contributed by atoms with Gasteiger partial charge in [0.1, 0.15) is 5.58 Å². The Bertz CT molecular complexity index is 4100. The Labute approximate surface area is 367 Å². The molecule has 0 aliphatic heterocycles. The maximum atomic E-state index is 7.06. The molecular formula is C60H37N3O. The van der Waals surface area contributed by atoms with Gasteiger partial charge in [-0.05, 0) is 89.5 Å². The molecule has 0 aliphatic rings. The fourth-order valence-corrected chi connectivity index (χ4v) is 10.7. The van der Waals surface area contributed by atoms with E-state index in [0.29, 0.717) is 0 Å². The molecule has 0 unspecified atom stereocenters. The van der Waals surface area contributed by atoms with Crippen LogP contribution in [0.5, 0.6) is 0 Å². The smallest absolute Gasteiger partial charge is 0.159 e. The molecule has 4 heterocycles. The van der Waals surface area contributed by atoms with Crippen LogP contribution >= 0.6 is 0 Å². The maximum Gasteiger partial charge on any atom is 0.159 e. The summed E-state index contributed by atoms with van der Waals surface area (Å²) in [5.74, 6) is 0. The molecule has 14 aromatic rings. The molecule has 0 saturated heterocycles. The summed E-state index contributed by atoms with van der Waals surface area (Å²) >= 11 is 0. The van der Waals surface area contributed by atoms with Gasteiger partial charge < -0.3 is 18.1 Å². The van der Waals surface area contributed by atoms with Crippen LogP contribution in [0.4, 0.5) is 0 Å². The molecule has 0 radical (unpaired) electrons. The van der Waals surface area contributed by atoms with Crippen LogP contribution in [0, 0.1) is 0 Å². The van der Waals surface area contributed by atoms with Crippen LogP contribution in [-0.4, -0.2) is 13.7 Å². The second-order valence-electron chi connectivity index (χ2n) is 16.9. The third kappa shape index (κ3) is 4.99. The Hall–Kier alpha value is -8.60. The van der Waals surface area contributed by atoms with Crippen molar-refractivity contribution in [2.75, 3.05) is 0 Å². The molecule has 0 atom stereocenters. The minimum absolute atomic E-state index is 0.881.